The van der Waals surface area contributed by atoms with E-state index in [2.05, 4.69) is 4.90 Å². The summed E-state index contributed by atoms with van der Waals surface area (Å²) < 4.78 is 19.7. The Morgan fingerprint density at radius 1 is 1.11 bits per heavy atom. The van der Waals surface area contributed by atoms with Crippen molar-refractivity contribution in [1.82, 2.24) is 9.80 Å². The zero-order valence-corrected chi connectivity index (χ0v) is 25.6. The van der Waals surface area contributed by atoms with Gasteiger partial charge in [-0.1, -0.05) is 5.57 Å². The lowest BCUT2D eigenvalue weighted by Crippen LogP contribution is -2.50. The number of hydrogen-bond acceptors (Lipinski definition) is 8. The van der Waals surface area contributed by atoms with Crippen molar-refractivity contribution >= 4 is 11.7 Å². The first-order valence-electron chi connectivity index (χ1n) is 15.2. The van der Waals surface area contributed by atoms with E-state index >= 15 is 0 Å². The average Bonchev–Trinajstić information content (AvgIpc) is 3.40. The number of piperidine rings is 1. The van der Waals surface area contributed by atoms with Gasteiger partial charge in [0.05, 0.1) is 23.4 Å². The monoisotopic (exact) mass is 605 g/mol. The molecule has 4 aliphatic rings. The van der Waals surface area contributed by atoms with Crippen LogP contribution in [-0.4, -0.2) is 76.2 Å². The molecule has 1 aliphatic heterocycles. The molecular formula is C34H40FN3O6. The fourth-order valence-electron chi connectivity index (χ4n) is 8.09. The summed E-state index contributed by atoms with van der Waals surface area (Å²) in [6.45, 7) is 5.45. The van der Waals surface area contributed by atoms with Gasteiger partial charge in [-0.05, 0) is 94.8 Å². The number of phenolic OH excluding ortho intramolecular Hbond substituents is 1. The van der Waals surface area contributed by atoms with E-state index in [0.29, 0.717) is 73.4 Å². The number of aromatic hydroxyl groups is 1. The Balaban J connectivity index is 1.45. The van der Waals surface area contributed by atoms with Crippen molar-refractivity contribution in [3.63, 3.8) is 0 Å². The van der Waals surface area contributed by atoms with Gasteiger partial charge in [0.15, 0.2) is 5.78 Å². The van der Waals surface area contributed by atoms with Crippen LogP contribution in [0.4, 0.5) is 4.39 Å². The predicted octanol–water partition coefficient (Wildman–Crippen LogP) is 4.97. The van der Waals surface area contributed by atoms with Gasteiger partial charge in [0, 0.05) is 42.3 Å². The van der Waals surface area contributed by atoms with Gasteiger partial charge >= 0.3 is 0 Å². The van der Waals surface area contributed by atoms with Crippen LogP contribution in [0.2, 0.25) is 0 Å². The first kappa shape index (κ1) is 30.1. The minimum Gasteiger partial charge on any atom is -0.511 e. The number of allylic oxidation sites excluding steroid dienone is 3. The van der Waals surface area contributed by atoms with E-state index in [4.69, 9.17) is 10.2 Å². The largest absolute Gasteiger partial charge is 0.511 e. The van der Waals surface area contributed by atoms with Crippen molar-refractivity contribution in [3.8, 4) is 17.1 Å². The second-order valence-corrected chi connectivity index (χ2v) is 13.1. The van der Waals surface area contributed by atoms with Crippen LogP contribution in [0.15, 0.2) is 62.7 Å². The summed E-state index contributed by atoms with van der Waals surface area (Å²) in [5.74, 6) is -2.58. The number of nitrogens with zero attached hydrogens (tertiary/aromatic N) is 2. The highest BCUT2D eigenvalue weighted by Crippen LogP contribution is 2.54. The Morgan fingerprint density at radius 3 is 2.45 bits per heavy atom. The molecular weight excluding hydrogens is 565 g/mol. The number of phenols is 1. The predicted molar refractivity (Wildman–Crippen MR) is 163 cm³/mol. The van der Waals surface area contributed by atoms with Gasteiger partial charge in [-0.3, -0.25) is 19.4 Å². The van der Waals surface area contributed by atoms with E-state index in [-0.39, 0.29) is 39.9 Å². The number of primary amides is 1. The van der Waals surface area contributed by atoms with Crippen LogP contribution in [0.25, 0.3) is 11.3 Å². The first-order valence-corrected chi connectivity index (χ1v) is 15.2. The molecule has 0 radical (unpaired) electrons. The number of benzene rings is 1. The van der Waals surface area contributed by atoms with Gasteiger partial charge < -0.3 is 25.5 Å². The highest BCUT2D eigenvalue weighted by Gasteiger charge is 2.53. The SMILES string of the molecule is CC(C)=C1C(C(N)=O)=C(O)[C@@H](N(C)C)C2CC3Cc4c(-c5occc5CN5CCC(F)CC5)ccc(O)c4C(=O)C3=C(O)C12. The molecule has 10 heteroatoms. The Hall–Kier alpha value is -3.89. The maximum absolute atomic E-state index is 14.3. The van der Waals surface area contributed by atoms with Crippen LogP contribution >= 0.6 is 0 Å². The number of Topliss-reactive ketones (excluding diaryl/α,β-unsaturated/α-hetero) is 1. The summed E-state index contributed by atoms with van der Waals surface area (Å²) in [5.41, 5.74) is 9.50. The van der Waals surface area contributed by atoms with Gasteiger partial charge in [0.25, 0.3) is 5.91 Å². The maximum atomic E-state index is 14.3. The topological polar surface area (TPSA) is 140 Å². The zero-order valence-electron chi connectivity index (χ0n) is 25.6. The number of aliphatic hydroxyl groups is 2. The minimum absolute atomic E-state index is 0.0227. The van der Waals surface area contributed by atoms with Gasteiger partial charge in [0.2, 0.25) is 0 Å². The van der Waals surface area contributed by atoms with E-state index in [1.54, 1.807) is 40.3 Å². The number of ketones is 1. The van der Waals surface area contributed by atoms with E-state index in [1.807, 2.05) is 11.0 Å². The molecule has 1 aromatic heterocycles. The number of likely N-dealkylation sites (tertiary alicyclic amines) is 1. The standard InChI is InChI=1S/C34H40FN3O6/c1-16(2)24-27-22(29(37(3)4)32(42)28(24)34(36)43)14-18-13-21-20(5-6-23(39)26(21)30(40)25(18)31(27)41)33-17(9-12-44-33)15-38-10-7-19(35)8-11-38/h5-6,9,12,18-19,22,27,29,39,41-42H,7-8,10-11,13-15H2,1-4H3,(H2,36,43)/t18?,22?,27?,29-/m0/s1. The van der Waals surface area contributed by atoms with E-state index in [0.717, 1.165) is 5.56 Å². The molecule has 4 atom stereocenters. The van der Waals surface area contributed by atoms with Crippen molar-refractivity contribution in [2.45, 2.75) is 58.3 Å². The highest BCUT2D eigenvalue weighted by molar-refractivity contribution is 6.14. The summed E-state index contributed by atoms with van der Waals surface area (Å²) in [4.78, 5) is 30.9. The molecule has 3 unspecified atom stereocenters. The lowest BCUT2D eigenvalue weighted by Gasteiger charge is -2.48. The van der Waals surface area contributed by atoms with Gasteiger partial charge in [-0.25, -0.2) is 4.39 Å². The molecule has 1 aromatic carbocycles. The van der Waals surface area contributed by atoms with Crippen LogP contribution in [0, 0.1) is 17.8 Å². The molecule has 5 N–H and O–H groups in total. The molecule has 2 heterocycles. The molecule has 0 bridgehead atoms. The Morgan fingerprint density at radius 2 is 1.82 bits per heavy atom. The third-order valence-electron chi connectivity index (χ3n) is 9.94. The van der Waals surface area contributed by atoms with Crippen molar-refractivity contribution in [3.05, 3.63) is 75.0 Å². The number of nitrogens with two attached hydrogens (primary N) is 1. The first-order chi connectivity index (χ1) is 20.9. The zero-order chi connectivity index (χ0) is 31.6. The van der Waals surface area contributed by atoms with Gasteiger partial charge in [-0.15, -0.1) is 0 Å². The number of alkyl halides is 1. The summed E-state index contributed by atoms with van der Waals surface area (Å²) in [5, 5.41) is 34.3. The highest BCUT2D eigenvalue weighted by atomic mass is 19.1. The van der Waals surface area contributed by atoms with Crippen molar-refractivity contribution in [1.29, 1.82) is 0 Å². The van der Waals surface area contributed by atoms with Crippen molar-refractivity contribution < 1.29 is 33.7 Å². The Bertz CT molecular complexity index is 1620. The average molecular weight is 606 g/mol. The number of carbonyl (C=O) groups is 2. The molecule has 1 fully saturated rings. The number of amides is 1. The molecule has 9 nitrogen and oxygen atoms in total. The van der Waals surface area contributed by atoms with Gasteiger partial charge in [-0.2, -0.15) is 0 Å². The van der Waals surface area contributed by atoms with E-state index in [9.17, 15) is 29.3 Å². The van der Waals surface area contributed by atoms with Crippen LogP contribution in [0.1, 0.15) is 54.6 Å². The summed E-state index contributed by atoms with van der Waals surface area (Å²) >= 11 is 0. The molecule has 0 saturated carbocycles. The molecule has 0 spiro atoms. The van der Waals surface area contributed by atoms with Crippen LogP contribution in [0.3, 0.4) is 0 Å². The number of furan rings is 1. The third kappa shape index (κ3) is 4.75. The second kappa shape index (κ2) is 11.2. The fourth-order valence-corrected chi connectivity index (χ4v) is 8.09. The van der Waals surface area contributed by atoms with Crippen LogP contribution in [-0.2, 0) is 17.8 Å². The number of likely N-dealkylation sites (N-methyl/N-ethyl adjacent to an activating group) is 1. The van der Waals surface area contributed by atoms with Crippen molar-refractivity contribution in [2.75, 3.05) is 27.2 Å². The lowest BCUT2D eigenvalue weighted by atomic mass is 9.59. The van der Waals surface area contributed by atoms with E-state index < -0.39 is 35.7 Å². The quantitative estimate of drug-likeness (QED) is 0.375. The number of fused-ring (bicyclic) bond motifs is 3. The Labute approximate surface area is 256 Å². The van der Waals surface area contributed by atoms with Gasteiger partial charge in [0.1, 0.15) is 29.2 Å². The molecule has 2 aromatic rings. The van der Waals surface area contributed by atoms with Crippen LogP contribution < -0.4 is 5.73 Å². The lowest BCUT2D eigenvalue weighted by molar-refractivity contribution is -0.114. The molecule has 1 saturated heterocycles. The van der Waals surface area contributed by atoms with E-state index in [1.165, 1.54) is 6.07 Å². The minimum atomic E-state index is -0.796. The molecule has 1 amide bonds. The molecule has 44 heavy (non-hydrogen) atoms. The number of aliphatic hydroxyl groups excluding tert-OH is 2. The number of hydrogen-bond donors (Lipinski definition) is 4. The normalized spacial score (nSPS) is 26.1. The number of halogens is 1. The summed E-state index contributed by atoms with van der Waals surface area (Å²) in [6.07, 6.45) is 2.62. The van der Waals surface area contributed by atoms with Crippen LogP contribution in [0.5, 0.6) is 5.75 Å². The molecule has 6 rings (SSSR count). The number of rotatable bonds is 5. The van der Waals surface area contributed by atoms with Crippen molar-refractivity contribution in [2.24, 2.45) is 23.5 Å². The molecule has 3 aliphatic carbocycles. The summed E-state index contributed by atoms with van der Waals surface area (Å²) in [6, 6.07) is 4.52. The fraction of sp³-hybridized carbons (Fsp3) is 0.471. The third-order valence-corrected chi connectivity index (χ3v) is 9.94. The molecule has 234 valence electrons. The smallest absolute Gasteiger partial charge is 0.252 e. The Kier molecular flexibility index (Phi) is 7.70. The summed E-state index contributed by atoms with van der Waals surface area (Å²) in [7, 11) is 3.60. The second-order valence-electron chi connectivity index (χ2n) is 13.1. The number of carbonyl (C=O) groups excluding carboxylic acids is 2. The maximum Gasteiger partial charge on any atom is 0.252 e.